The highest BCUT2D eigenvalue weighted by atomic mass is 19.3. The Morgan fingerprint density at radius 3 is 2.00 bits per heavy atom. The van der Waals surface area contributed by atoms with Crippen LogP contribution in [0.2, 0.25) is 0 Å². The molecule has 2 nitrogen and oxygen atoms in total. The third-order valence-corrected chi connectivity index (χ3v) is 7.09. The Bertz CT molecular complexity index is 1110. The number of halogens is 4. The Labute approximate surface area is 210 Å². The van der Waals surface area contributed by atoms with Gasteiger partial charge in [-0.25, -0.2) is 4.39 Å². The van der Waals surface area contributed by atoms with Crippen molar-refractivity contribution >= 4 is 0 Å². The molecular weight excluding hydrogens is 468 g/mol. The smallest absolute Gasteiger partial charge is 0.387 e. The molecule has 0 saturated heterocycles. The van der Waals surface area contributed by atoms with Crippen molar-refractivity contribution < 1.29 is 27.0 Å². The Kier molecular flexibility index (Phi) is 8.89. The molecule has 0 heterocycles. The molecule has 36 heavy (non-hydrogen) atoms. The van der Waals surface area contributed by atoms with Crippen molar-refractivity contribution in [2.45, 2.75) is 64.9 Å². The Hall–Kier alpha value is -3.02. The van der Waals surface area contributed by atoms with Gasteiger partial charge in [0.25, 0.3) is 0 Å². The topological polar surface area (TPSA) is 18.5 Å². The molecule has 0 aromatic heterocycles. The molecule has 3 aromatic rings. The summed E-state index contributed by atoms with van der Waals surface area (Å²) in [5.74, 6) is -0.591. The minimum absolute atomic E-state index is 0.0538. The molecule has 1 aliphatic carbocycles. The zero-order chi connectivity index (χ0) is 25.5. The van der Waals surface area contributed by atoms with Crippen LogP contribution in [0.25, 0.3) is 11.1 Å². The fourth-order valence-electron chi connectivity index (χ4n) is 5.10. The maximum absolute atomic E-state index is 14.7. The number of aryl methyl sites for hydroxylation is 1. The van der Waals surface area contributed by atoms with E-state index < -0.39 is 18.2 Å². The SMILES string of the molecule is CCCC1CCC(CCc2ccc(-c3ccc(F)c(F)c3Oc3ccc(OC(F)F)cc3)cc2)CC1. The highest BCUT2D eigenvalue weighted by molar-refractivity contribution is 5.71. The zero-order valence-electron chi connectivity index (χ0n) is 20.5. The zero-order valence-corrected chi connectivity index (χ0v) is 20.5. The number of rotatable bonds is 10. The van der Waals surface area contributed by atoms with Crippen LogP contribution in [0.15, 0.2) is 60.7 Å². The lowest BCUT2D eigenvalue weighted by Crippen LogP contribution is -2.15. The minimum Gasteiger partial charge on any atom is -0.454 e. The van der Waals surface area contributed by atoms with Crippen molar-refractivity contribution in [3.05, 3.63) is 77.9 Å². The minimum atomic E-state index is -2.95. The van der Waals surface area contributed by atoms with E-state index in [0.717, 1.165) is 24.3 Å². The van der Waals surface area contributed by atoms with Crippen molar-refractivity contribution in [3.8, 4) is 28.4 Å². The fraction of sp³-hybridized carbons (Fsp3) is 0.400. The van der Waals surface area contributed by atoms with Gasteiger partial charge in [-0.2, -0.15) is 13.2 Å². The number of benzene rings is 3. The Morgan fingerprint density at radius 2 is 1.39 bits per heavy atom. The van der Waals surface area contributed by atoms with E-state index in [-0.39, 0.29) is 17.2 Å². The van der Waals surface area contributed by atoms with Gasteiger partial charge in [0.1, 0.15) is 11.5 Å². The molecule has 0 bridgehead atoms. The van der Waals surface area contributed by atoms with E-state index in [4.69, 9.17) is 4.74 Å². The number of ether oxygens (including phenoxy) is 2. The highest BCUT2D eigenvalue weighted by Gasteiger charge is 2.21. The first-order chi connectivity index (χ1) is 17.4. The van der Waals surface area contributed by atoms with Gasteiger partial charge in [-0.05, 0) is 72.2 Å². The van der Waals surface area contributed by atoms with E-state index in [1.54, 1.807) is 0 Å². The lowest BCUT2D eigenvalue weighted by Gasteiger charge is -2.28. The van der Waals surface area contributed by atoms with Gasteiger partial charge in [0.2, 0.25) is 5.82 Å². The average molecular weight is 501 g/mol. The van der Waals surface area contributed by atoms with E-state index in [1.807, 2.05) is 24.3 Å². The average Bonchev–Trinajstić information content (AvgIpc) is 2.88. The molecule has 0 radical (unpaired) electrons. The van der Waals surface area contributed by atoms with Gasteiger partial charge >= 0.3 is 6.61 Å². The van der Waals surface area contributed by atoms with Crippen LogP contribution in [-0.2, 0) is 6.42 Å². The summed E-state index contributed by atoms with van der Waals surface area (Å²) < 4.78 is 63.5. The molecule has 0 amide bonds. The van der Waals surface area contributed by atoms with E-state index in [0.29, 0.717) is 11.1 Å². The van der Waals surface area contributed by atoms with Crippen molar-refractivity contribution in [1.29, 1.82) is 0 Å². The quantitative estimate of drug-likeness (QED) is 0.258. The molecule has 1 aliphatic rings. The first-order valence-corrected chi connectivity index (χ1v) is 12.7. The van der Waals surface area contributed by atoms with E-state index in [2.05, 4.69) is 11.7 Å². The molecule has 3 aromatic carbocycles. The summed E-state index contributed by atoms with van der Waals surface area (Å²) in [7, 11) is 0. The largest absolute Gasteiger partial charge is 0.454 e. The molecule has 4 rings (SSSR count). The molecule has 192 valence electrons. The van der Waals surface area contributed by atoms with E-state index in [9.17, 15) is 17.6 Å². The van der Waals surface area contributed by atoms with Crippen LogP contribution < -0.4 is 9.47 Å². The monoisotopic (exact) mass is 500 g/mol. The fourth-order valence-corrected chi connectivity index (χ4v) is 5.10. The van der Waals surface area contributed by atoms with Crippen LogP contribution in [-0.4, -0.2) is 6.61 Å². The summed E-state index contributed by atoms with van der Waals surface area (Å²) in [4.78, 5) is 0. The maximum atomic E-state index is 14.7. The van der Waals surface area contributed by atoms with Crippen LogP contribution in [0.3, 0.4) is 0 Å². The first kappa shape index (κ1) is 26.1. The van der Waals surface area contributed by atoms with Gasteiger partial charge in [0.15, 0.2) is 11.6 Å². The molecule has 1 fully saturated rings. The van der Waals surface area contributed by atoms with Crippen molar-refractivity contribution in [3.63, 3.8) is 0 Å². The normalized spacial score (nSPS) is 17.8. The number of alkyl halides is 2. The summed E-state index contributed by atoms with van der Waals surface area (Å²) in [5.41, 5.74) is 2.32. The second-order valence-electron chi connectivity index (χ2n) is 9.60. The summed E-state index contributed by atoms with van der Waals surface area (Å²) >= 11 is 0. The van der Waals surface area contributed by atoms with Gasteiger partial charge in [-0.3, -0.25) is 0 Å². The molecule has 1 saturated carbocycles. The van der Waals surface area contributed by atoms with Crippen LogP contribution >= 0.6 is 0 Å². The Morgan fingerprint density at radius 1 is 0.778 bits per heavy atom. The Balaban J connectivity index is 1.43. The highest BCUT2D eigenvalue weighted by Crippen LogP contribution is 2.38. The summed E-state index contributed by atoms with van der Waals surface area (Å²) in [5, 5.41) is 0. The lowest BCUT2D eigenvalue weighted by atomic mass is 9.78. The van der Waals surface area contributed by atoms with E-state index in [1.165, 1.54) is 80.8 Å². The van der Waals surface area contributed by atoms with Crippen LogP contribution in [0.4, 0.5) is 17.6 Å². The summed E-state index contributed by atoms with van der Waals surface area (Å²) in [6.07, 6.45) is 10.1. The second kappa shape index (κ2) is 12.3. The van der Waals surface area contributed by atoms with Crippen LogP contribution in [0, 0.1) is 23.5 Å². The van der Waals surface area contributed by atoms with Crippen molar-refractivity contribution in [1.82, 2.24) is 0 Å². The van der Waals surface area contributed by atoms with Crippen molar-refractivity contribution in [2.75, 3.05) is 0 Å². The third-order valence-electron chi connectivity index (χ3n) is 7.09. The van der Waals surface area contributed by atoms with Gasteiger partial charge in [-0.1, -0.05) is 69.7 Å². The molecule has 0 N–H and O–H groups in total. The molecule has 0 atom stereocenters. The van der Waals surface area contributed by atoms with E-state index >= 15 is 0 Å². The summed E-state index contributed by atoms with van der Waals surface area (Å²) in [6, 6.07) is 15.7. The van der Waals surface area contributed by atoms with Gasteiger partial charge < -0.3 is 9.47 Å². The third kappa shape index (κ3) is 6.80. The molecule has 0 unspecified atom stereocenters. The molecule has 0 spiro atoms. The van der Waals surface area contributed by atoms with Crippen LogP contribution in [0.5, 0.6) is 17.2 Å². The lowest BCUT2D eigenvalue weighted by molar-refractivity contribution is -0.0498. The second-order valence-corrected chi connectivity index (χ2v) is 9.60. The van der Waals surface area contributed by atoms with Crippen molar-refractivity contribution in [2.24, 2.45) is 11.8 Å². The standard InChI is InChI=1S/C30H32F4O2/c1-2-3-20-4-6-21(7-5-20)8-9-22-10-12-23(13-11-22)26-18-19-27(31)28(32)29(26)35-24-14-16-25(17-15-24)36-30(33)34/h10-21,30H,2-9H2,1H3. The number of hydrogen-bond acceptors (Lipinski definition) is 2. The first-order valence-electron chi connectivity index (χ1n) is 12.7. The summed E-state index contributed by atoms with van der Waals surface area (Å²) in [6.45, 7) is -0.690. The molecule has 0 aliphatic heterocycles. The van der Waals surface area contributed by atoms with Gasteiger partial charge in [0.05, 0.1) is 0 Å². The molecular formula is C30H32F4O2. The van der Waals surface area contributed by atoms with Crippen LogP contribution in [0.1, 0.15) is 57.4 Å². The molecule has 6 heteroatoms. The van der Waals surface area contributed by atoms with Gasteiger partial charge in [-0.15, -0.1) is 0 Å². The maximum Gasteiger partial charge on any atom is 0.387 e. The van der Waals surface area contributed by atoms with Gasteiger partial charge in [0, 0.05) is 5.56 Å². The predicted molar refractivity (Wildman–Crippen MR) is 134 cm³/mol. The number of hydrogen-bond donors (Lipinski definition) is 0. The predicted octanol–water partition coefficient (Wildman–Crippen LogP) is 9.56.